The van der Waals surface area contributed by atoms with E-state index in [0.717, 1.165) is 18.4 Å². The first-order chi connectivity index (χ1) is 5.62. The van der Waals surface area contributed by atoms with Crippen LogP contribution < -0.4 is 0 Å². The zero-order valence-corrected chi connectivity index (χ0v) is 7.39. The molecule has 0 saturated heterocycles. The molecule has 12 heavy (non-hydrogen) atoms. The van der Waals surface area contributed by atoms with Crippen LogP contribution in [-0.2, 0) is 9.53 Å². The van der Waals surface area contributed by atoms with Crippen LogP contribution in [-0.4, -0.2) is 11.6 Å². The number of hydrogen-bond acceptors (Lipinski definition) is 2. The van der Waals surface area contributed by atoms with E-state index in [9.17, 15) is 4.79 Å². The van der Waals surface area contributed by atoms with Crippen LogP contribution in [0, 0.1) is 0 Å². The first kappa shape index (κ1) is 7.59. The second-order valence-electron chi connectivity index (χ2n) is 3.64. The number of carbonyl (C=O) groups is 1. The standard InChI is InChI=1S/C10H12O2/c1-7-6-9(11)12-10(2)5-3-4-8(7)10/h4,6H,3,5H2,1-2H3. The highest BCUT2D eigenvalue weighted by Crippen LogP contribution is 2.40. The van der Waals surface area contributed by atoms with E-state index in [-0.39, 0.29) is 11.6 Å². The second kappa shape index (κ2) is 2.22. The average molecular weight is 164 g/mol. The van der Waals surface area contributed by atoms with Gasteiger partial charge in [0.15, 0.2) is 0 Å². The lowest BCUT2D eigenvalue weighted by Gasteiger charge is -2.31. The van der Waals surface area contributed by atoms with Gasteiger partial charge in [0.1, 0.15) is 5.60 Å². The van der Waals surface area contributed by atoms with Gasteiger partial charge in [-0.25, -0.2) is 4.79 Å². The highest BCUT2D eigenvalue weighted by Gasteiger charge is 2.39. The van der Waals surface area contributed by atoms with E-state index in [1.54, 1.807) is 6.08 Å². The fourth-order valence-electron chi connectivity index (χ4n) is 2.03. The van der Waals surface area contributed by atoms with Gasteiger partial charge in [0.25, 0.3) is 0 Å². The van der Waals surface area contributed by atoms with E-state index in [1.807, 2.05) is 13.8 Å². The third-order valence-corrected chi connectivity index (χ3v) is 2.62. The molecule has 1 heterocycles. The number of esters is 1. The fourth-order valence-corrected chi connectivity index (χ4v) is 2.03. The molecule has 0 radical (unpaired) electrons. The summed E-state index contributed by atoms with van der Waals surface area (Å²) in [4.78, 5) is 11.1. The van der Waals surface area contributed by atoms with Crippen molar-refractivity contribution in [1.82, 2.24) is 0 Å². The Balaban J connectivity index is 2.46. The minimum atomic E-state index is -0.323. The number of carbonyl (C=O) groups excluding carboxylic acids is 1. The van der Waals surface area contributed by atoms with Gasteiger partial charge in [-0.15, -0.1) is 0 Å². The molecule has 1 atom stereocenters. The van der Waals surface area contributed by atoms with Gasteiger partial charge in [0.05, 0.1) is 0 Å². The molecular weight excluding hydrogens is 152 g/mol. The summed E-state index contributed by atoms with van der Waals surface area (Å²) in [5.41, 5.74) is 1.93. The zero-order valence-electron chi connectivity index (χ0n) is 7.39. The topological polar surface area (TPSA) is 26.3 Å². The van der Waals surface area contributed by atoms with Crippen LogP contribution in [0.2, 0.25) is 0 Å². The monoisotopic (exact) mass is 164 g/mol. The smallest absolute Gasteiger partial charge is 0.331 e. The van der Waals surface area contributed by atoms with E-state index in [0.29, 0.717) is 0 Å². The van der Waals surface area contributed by atoms with Crippen LogP contribution in [0.3, 0.4) is 0 Å². The Morgan fingerprint density at radius 2 is 2.33 bits per heavy atom. The molecule has 2 aliphatic rings. The SMILES string of the molecule is CC1=CC(=O)OC2(C)CCC=C12. The van der Waals surface area contributed by atoms with Crippen LogP contribution in [0.15, 0.2) is 23.3 Å². The minimum absolute atomic E-state index is 0.200. The van der Waals surface area contributed by atoms with Crippen LogP contribution in [0.25, 0.3) is 0 Å². The first-order valence-electron chi connectivity index (χ1n) is 4.24. The molecule has 2 nitrogen and oxygen atoms in total. The van der Waals surface area contributed by atoms with Crippen LogP contribution in [0.1, 0.15) is 26.7 Å². The lowest BCUT2D eigenvalue weighted by atomic mass is 9.90. The fraction of sp³-hybridized carbons (Fsp3) is 0.500. The molecule has 0 aromatic rings. The molecule has 0 fully saturated rings. The van der Waals surface area contributed by atoms with Gasteiger partial charge in [0, 0.05) is 6.08 Å². The zero-order chi connectivity index (χ0) is 8.77. The van der Waals surface area contributed by atoms with Gasteiger partial charge in [-0.3, -0.25) is 0 Å². The van der Waals surface area contributed by atoms with Crippen molar-refractivity contribution in [3.8, 4) is 0 Å². The molecule has 64 valence electrons. The number of hydrogen-bond donors (Lipinski definition) is 0. The molecule has 0 aromatic carbocycles. The summed E-state index contributed by atoms with van der Waals surface area (Å²) in [6.45, 7) is 3.95. The molecule has 1 aliphatic carbocycles. The lowest BCUT2D eigenvalue weighted by Crippen LogP contribution is -2.34. The molecule has 0 N–H and O–H groups in total. The van der Waals surface area contributed by atoms with Gasteiger partial charge in [-0.05, 0) is 37.8 Å². The lowest BCUT2D eigenvalue weighted by molar-refractivity contribution is -0.149. The Morgan fingerprint density at radius 1 is 1.58 bits per heavy atom. The van der Waals surface area contributed by atoms with Crippen molar-refractivity contribution in [3.05, 3.63) is 23.3 Å². The molecule has 0 aromatic heterocycles. The molecule has 1 aliphatic heterocycles. The summed E-state index contributed by atoms with van der Waals surface area (Å²) in [7, 11) is 0. The maximum absolute atomic E-state index is 11.1. The summed E-state index contributed by atoms with van der Waals surface area (Å²) >= 11 is 0. The van der Waals surface area contributed by atoms with Crippen molar-refractivity contribution in [2.24, 2.45) is 0 Å². The van der Waals surface area contributed by atoms with E-state index in [4.69, 9.17) is 4.74 Å². The Hall–Kier alpha value is -1.05. The summed E-state index contributed by atoms with van der Waals surface area (Å²) in [6.07, 6.45) is 5.68. The molecule has 2 rings (SSSR count). The third-order valence-electron chi connectivity index (χ3n) is 2.62. The number of ether oxygens (including phenoxy) is 1. The van der Waals surface area contributed by atoms with Gasteiger partial charge in [-0.1, -0.05) is 6.08 Å². The highest BCUT2D eigenvalue weighted by molar-refractivity contribution is 5.86. The van der Waals surface area contributed by atoms with E-state index >= 15 is 0 Å². The van der Waals surface area contributed by atoms with Crippen LogP contribution in [0.5, 0.6) is 0 Å². The Morgan fingerprint density at radius 3 is 3.08 bits per heavy atom. The maximum atomic E-state index is 11.1. The predicted octanol–water partition coefficient (Wildman–Crippen LogP) is 1.97. The van der Waals surface area contributed by atoms with Crippen molar-refractivity contribution in [1.29, 1.82) is 0 Å². The molecule has 0 saturated carbocycles. The quantitative estimate of drug-likeness (QED) is 0.511. The van der Waals surface area contributed by atoms with Crippen molar-refractivity contribution in [3.63, 3.8) is 0 Å². The van der Waals surface area contributed by atoms with Crippen LogP contribution >= 0.6 is 0 Å². The normalized spacial score (nSPS) is 33.7. The van der Waals surface area contributed by atoms with Gasteiger partial charge in [0.2, 0.25) is 0 Å². The molecule has 1 unspecified atom stereocenters. The Bertz CT molecular complexity index is 299. The maximum Gasteiger partial charge on any atom is 0.331 e. The average Bonchev–Trinajstić information content (AvgIpc) is 2.29. The second-order valence-corrected chi connectivity index (χ2v) is 3.64. The summed E-state index contributed by atoms with van der Waals surface area (Å²) in [5.74, 6) is -0.200. The van der Waals surface area contributed by atoms with E-state index in [1.165, 1.54) is 5.57 Å². The molecule has 0 amide bonds. The molecule has 0 bridgehead atoms. The summed E-state index contributed by atoms with van der Waals surface area (Å²) in [6, 6.07) is 0. The summed E-state index contributed by atoms with van der Waals surface area (Å²) in [5, 5.41) is 0. The Kier molecular flexibility index (Phi) is 1.40. The van der Waals surface area contributed by atoms with Crippen molar-refractivity contribution in [2.45, 2.75) is 32.3 Å². The Labute approximate surface area is 71.9 Å². The minimum Gasteiger partial charge on any atom is -0.451 e. The largest absolute Gasteiger partial charge is 0.451 e. The highest BCUT2D eigenvalue weighted by atomic mass is 16.6. The summed E-state index contributed by atoms with van der Waals surface area (Å²) < 4.78 is 5.28. The van der Waals surface area contributed by atoms with Crippen molar-refractivity contribution >= 4 is 5.97 Å². The number of allylic oxidation sites excluding steroid dienone is 1. The predicted molar refractivity (Wildman–Crippen MR) is 45.6 cm³/mol. The van der Waals surface area contributed by atoms with E-state index < -0.39 is 0 Å². The number of rotatable bonds is 0. The van der Waals surface area contributed by atoms with Crippen molar-refractivity contribution in [2.75, 3.05) is 0 Å². The molecule has 0 spiro atoms. The van der Waals surface area contributed by atoms with Crippen molar-refractivity contribution < 1.29 is 9.53 Å². The van der Waals surface area contributed by atoms with Gasteiger partial charge in [-0.2, -0.15) is 0 Å². The van der Waals surface area contributed by atoms with E-state index in [2.05, 4.69) is 6.08 Å². The third kappa shape index (κ3) is 0.909. The van der Waals surface area contributed by atoms with Gasteiger partial charge >= 0.3 is 5.97 Å². The van der Waals surface area contributed by atoms with Gasteiger partial charge < -0.3 is 4.74 Å². The first-order valence-corrected chi connectivity index (χ1v) is 4.24. The molecule has 2 heteroatoms. The molecular formula is C10H12O2. The number of fused-ring (bicyclic) bond motifs is 1. The van der Waals surface area contributed by atoms with Crippen LogP contribution in [0.4, 0.5) is 0 Å².